The highest BCUT2D eigenvalue weighted by atomic mass is 35.5. The van der Waals surface area contributed by atoms with Gasteiger partial charge in [0.05, 0.1) is 12.8 Å². The molecule has 124 valence electrons. The number of nitrogens with zero attached hydrogens (tertiary/aromatic N) is 1. The van der Waals surface area contributed by atoms with E-state index >= 15 is 0 Å². The maximum Gasteiger partial charge on any atom is 0.224 e. The lowest BCUT2D eigenvalue weighted by atomic mass is 10.2. The molecule has 6 nitrogen and oxygen atoms in total. The largest absolute Gasteiger partial charge is 0.495 e. The summed E-state index contributed by atoms with van der Waals surface area (Å²) >= 11 is 0. The Labute approximate surface area is 137 Å². The Morgan fingerprint density at radius 2 is 1.86 bits per heavy atom. The third-order valence-corrected chi connectivity index (χ3v) is 3.20. The van der Waals surface area contributed by atoms with E-state index in [-0.39, 0.29) is 37.1 Å². The van der Waals surface area contributed by atoms with Crippen molar-refractivity contribution in [1.82, 2.24) is 4.90 Å². The van der Waals surface area contributed by atoms with Crippen molar-refractivity contribution in [1.29, 1.82) is 0 Å². The molecule has 0 aromatic heterocycles. The molecule has 0 saturated carbocycles. The number of benzene rings is 1. The van der Waals surface area contributed by atoms with Crippen LogP contribution in [0.15, 0.2) is 18.2 Å². The van der Waals surface area contributed by atoms with Gasteiger partial charge in [0.25, 0.3) is 0 Å². The Kier molecular flexibility index (Phi) is 9.01. The minimum absolute atomic E-state index is 0. The SMILES string of the molecule is CCN(CC)C(=O)CCC(=O)Nc1ccc(OC)c(N)c1.Cl. The van der Waals surface area contributed by atoms with E-state index in [4.69, 9.17) is 10.5 Å². The normalized spacial score (nSPS) is 9.59. The predicted molar refractivity (Wildman–Crippen MR) is 90.4 cm³/mol. The highest BCUT2D eigenvalue weighted by Crippen LogP contribution is 2.24. The molecule has 0 bridgehead atoms. The minimum Gasteiger partial charge on any atom is -0.495 e. The van der Waals surface area contributed by atoms with Crippen molar-refractivity contribution in [3.8, 4) is 5.75 Å². The summed E-state index contributed by atoms with van der Waals surface area (Å²) in [6, 6.07) is 5.02. The Morgan fingerprint density at radius 1 is 1.23 bits per heavy atom. The van der Waals surface area contributed by atoms with Crippen molar-refractivity contribution in [2.24, 2.45) is 0 Å². The first-order valence-corrected chi connectivity index (χ1v) is 7.02. The molecule has 0 heterocycles. The molecule has 1 aromatic carbocycles. The first-order chi connectivity index (χ1) is 10.0. The maximum absolute atomic E-state index is 11.8. The molecule has 0 aliphatic heterocycles. The number of nitrogen functional groups attached to an aromatic ring is 1. The average Bonchev–Trinajstić information content (AvgIpc) is 2.46. The van der Waals surface area contributed by atoms with Gasteiger partial charge in [-0.3, -0.25) is 9.59 Å². The lowest BCUT2D eigenvalue weighted by Gasteiger charge is -2.18. The van der Waals surface area contributed by atoms with Gasteiger partial charge in [-0.15, -0.1) is 12.4 Å². The van der Waals surface area contributed by atoms with Gasteiger partial charge in [0.15, 0.2) is 0 Å². The van der Waals surface area contributed by atoms with Gasteiger partial charge < -0.3 is 20.7 Å². The Morgan fingerprint density at radius 3 is 2.36 bits per heavy atom. The highest BCUT2D eigenvalue weighted by molar-refractivity contribution is 5.93. The summed E-state index contributed by atoms with van der Waals surface area (Å²) in [5, 5.41) is 2.72. The number of nitrogens with two attached hydrogens (primary N) is 1. The summed E-state index contributed by atoms with van der Waals surface area (Å²) in [7, 11) is 1.53. The summed E-state index contributed by atoms with van der Waals surface area (Å²) < 4.78 is 5.05. The van der Waals surface area contributed by atoms with Crippen LogP contribution in [0.5, 0.6) is 5.75 Å². The Balaban J connectivity index is 0.00000441. The minimum atomic E-state index is -0.208. The molecule has 0 atom stereocenters. The summed E-state index contributed by atoms with van der Waals surface area (Å²) in [4.78, 5) is 25.3. The van der Waals surface area contributed by atoms with E-state index in [0.717, 1.165) is 0 Å². The molecule has 3 N–H and O–H groups in total. The number of carbonyl (C=O) groups is 2. The summed E-state index contributed by atoms with van der Waals surface area (Å²) in [5.74, 6) is 0.342. The first kappa shape index (κ1) is 20.1. The van der Waals surface area contributed by atoms with E-state index in [1.165, 1.54) is 7.11 Å². The molecule has 7 heteroatoms. The molecule has 0 fully saturated rings. The maximum atomic E-state index is 11.8. The fourth-order valence-electron chi connectivity index (χ4n) is 1.99. The molecule has 1 rings (SSSR count). The molecule has 0 saturated heterocycles. The number of carbonyl (C=O) groups excluding carboxylic acids is 2. The molecule has 0 aliphatic rings. The molecule has 0 radical (unpaired) electrons. The van der Waals surface area contributed by atoms with Gasteiger partial charge in [-0.2, -0.15) is 0 Å². The second-order valence-electron chi connectivity index (χ2n) is 4.57. The fraction of sp³-hybridized carbons (Fsp3) is 0.467. The van der Waals surface area contributed by atoms with Crippen LogP contribution in [0.25, 0.3) is 0 Å². The van der Waals surface area contributed by atoms with Gasteiger partial charge in [-0.1, -0.05) is 0 Å². The van der Waals surface area contributed by atoms with Crippen LogP contribution in [-0.2, 0) is 9.59 Å². The zero-order valence-corrected chi connectivity index (χ0v) is 14.0. The van der Waals surface area contributed by atoms with Crippen molar-refractivity contribution < 1.29 is 14.3 Å². The molecule has 0 aliphatic carbocycles. The Bertz CT molecular complexity index is 505. The number of hydrogen-bond donors (Lipinski definition) is 2. The van der Waals surface area contributed by atoms with E-state index in [2.05, 4.69) is 5.32 Å². The van der Waals surface area contributed by atoms with Crippen LogP contribution < -0.4 is 15.8 Å². The van der Waals surface area contributed by atoms with Crippen molar-refractivity contribution >= 4 is 35.6 Å². The zero-order valence-electron chi connectivity index (χ0n) is 13.2. The smallest absolute Gasteiger partial charge is 0.224 e. The first-order valence-electron chi connectivity index (χ1n) is 7.02. The monoisotopic (exact) mass is 329 g/mol. The predicted octanol–water partition coefficient (Wildman–Crippen LogP) is 2.29. The highest BCUT2D eigenvalue weighted by Gasteiger charge is 2.12. The molecule has 1 aromatic rings. The van der Waals surface area contributed by atoms with E-state index in [9.17, 15) is 9.59 Å². The number of nitrogens with one attached hydrogen (secondary N) is 1. The van der Waals surface area contributed by atoms with Crippen molar-refractivity contribution in [2.75, 3.05) is 31.2 Å². The molecule has 22 heavy (non-hydrogen) atoms. The van der Waals surface area contributed by atoms with Gasteiger partial charge in [-0.05, 0) is 32.0 Å². The second kappa shape index (κ2) is 9.89. The molecular weight excluding hydrogens is 306 g/mol. The number of rotatable bonds is 7. The standard InChI is InChI=1S/C15H23N3O3.ClH/c1-4-18(5-2)15(20)9-8-14(19)17-11-6-7-13(21-3)12(16)10-11;/h6-7,10H,4-5,8-9,16H2,1-3H3,(H,17,19);1H. The summed E-state index contributed by atoms with van der Waals surface area (Å²) in [6.45, 7) is 5.15. The lowest BCUT2D eigenvalue weighted by Crippen LogP contribution is -2.31. The van der Waals surface area contributed by atoms with E-state index in [1.54, 1.807) is 23.1 Å². The number of halogens is 1. The van der Waals surface area contributed by atoms with Crippen molar-refractivity contribution in [3.05, 3.63) is 18.2 Å². The van der Waals surface area contributed by atoms with Crippen molar-refractivity contribution in [3.63, 3.8) is 0 Å². The van der Waals surface area contributed by atoms with Crippen LogP contribution in [0.3, 0.4) is 0 Å². The van der Waals surface area contributed by atoms with E-state index < -0.39 is 0 Å². The number of methoxy groups -OCH3 is 1. The number of hydrogen-bond acceptors (Lipinski definition) is 4. The number of ether oxygens (including phenoxy) is 1. The van der Waals surface area contributed by atoms with Crippen LogP contribution in [0, 0.1) is 0 Å². The Hall–Kier alpha value is -1.95. The summed E-state index contributed by atoms with van der Waals surface area (Å²) in [5.41, 5.74) is 6.81. The fourth-order valence-corrected chi connectivity index (χ4v) is 1.99. The van der Waals surface area contributed by atoms with Crippen LogP contribution in [0.1, 0.15) is 26.7 Å². The molecule has 0 unspecified atom stereocenters. The van der Waals surface area contributed by atoms with Gasteiger partial charge >= 0.3 is 0 Å². The van der Waals surface area contributed by atoms with Crippen LogP contribution in [0.2, 0.25) is 0 Å². The van der Waals surface area contributed by atoms with Gasteiger partial charge in [-0.25, -0.2) is 0 Å². The molecule has 0 spiro atoms. The summed E-state index contributed by atoms with van der Waals surface area (Å²) in [6.07, 6.45) is 0.362. The van der Waals surface area contributed by atoms with E-state index in [0.29, 0.717) is 30.2 Å². The van der Waals surface area contributed by atoms with Gasteiger partial charge in [0.2, 0.25) is 11.8 Å². The third-order valence-electron chi connectivity index (χ3n) is 3.20. The van der Waals surface area contributed by atoms with Gasteiger partial charge in [0.1, 0.15) is 5.75 Å². The molecular formula is C15H24ClN3O3. The van der Waals surface area contributed by atoms with Crippen LogP contribution in [-0.4, -0.2) is 36.9 Å². The van der Waals surface area contributed by atoms with E-state index in [1.807, 2.05) is 13.8 Å². The lowest BCUT2D eigenvalue weighted by molar-refractivity contribution is -0.132. The quantitative estimate of drug-likeness (QED) is 0.752. The topological polar surface area (TPSA) is 84.7 Å². The zero-order chi connectivity index (χ0) is 15.8. The number of amides is 2. The molecule has 2 amide bonds. The second-order valence-corrected chi connectivity index (χ2v) is 4.57. The number of anilines is 2. The average molecular weight is 330 g/mol. The third kappa shape index (κ3) is 5.81. The van der Waals surface area contributed by atoms with Crippen molar-refractivity contribution in [2.45, 2.75) is 26.7 Å². The van der Waals surface area contributed by atoms with Crippen LogP contribution >= 0.6 is 12.4 Å². The van der Waals surface area contributed by atoms with Gasteiger partial charge in [0, 0.05) is 31.6 Å². The van der Waals surface area contributed by atoms with Crippen LogP contribution in [0.4, 0.5) is 11.4 Å².